The number of halogens is 1. The number of hydrogen-bond acceptors (Lipinski definition) is 6. The zero-order valence-electron chi connectivity index (χ0n) is 16.0. The van der Waals surface area contributed by atoms with Gasteiger partial charge in [0.25, 0.3) is 0 Å². The van der Waals surface area contributed by atoms with Crippen LogP contribution < -0.4 is 5.32 Å². The van der Waals surface area contributed by atoms with Crippen LogP contribution in [0.15, 0.2) is 42.7 Å². The van der Waals surface area contributed by atoms with Crippen LogP contribution in [0.2, 0.25) is 5.02 Å². The smallest absolute Gasteiger partial charge is 0.330 e. The summed E-state index contributed by atoms with van der Waals surface area (Å²) in [6, 6.07) is 8.35. The number of hydrogen-bond donors (Lipinski definition) is 1. The van der Waals surface area contributed by atoms with Gasteiger partial charge in [-0.05, 0) is 50.1 Å². The minimum atomic E-state index is -0.380. The van der Waals surface area contributed by atoms with Gasteiger partial charge in [-0.15, -0.1) is 0 Å². The second kappa shape index (κ2) is 10.2. The van der Waals surface area contributed by atoms with Crippen molar-refractivity contribution >= 4 is 29.5 Å². The van der Waals surface area contributed by atoms with E-state index in [2.05, 4.69) is 32.3 Å². The number of anilines is 1. The quantitative estimate of drug-likeness (QED) is 0.563. The van der Waals surface area contributed by atoms with E-state index in [0.29, 0.717) is 18.3 Å². The molecule has 3 rings (SSSR count). The molecule has 2 aromatic rings. The van der Waals surface area contributed by atoms with E-state index in [0.717, 1.165) is 43.3 Å². The predicted octanol–water partition coefficient (Wildman–Crippen LogP) is 3.78. The molecule has 1 N–H and O–H groups in total. The van der Waals surface area contributed by atoms with Gasteiger partial charge in [-0.2, -0.15) is 0 Å². The highest BCUT2D eigenvalue weighted by Gasteiger charge is 2.20. The number of ether oxygens (including phenoxy) is 1. The van der Waals surface area contributed by atoms with Crippen LogP contribution in [0.3, 0.4) is 0 Å². The first-order chi connectivity index (χ1) is 13.6. The Kier molecular flexibility index (Phi) is 7.39. The first-order valence-electron chi connectivity index (χ1n) is 9.52. The summed E-state index contributed by atoms with van der Waals surface area (Å²) in [5.74, 6) is 0.362. The normalized spacial score (nSPS) is 17.6. The number of nitrogens with zero attached hydrogens (tertiary/aromatic N) is 3. The van der Waals surface area contributed by atoms with Crippen molar-refractivity contribution < 1.29 is 9.53 Å². The maximum atomic E-state index is 11.3. The molecule has 0 spiro atoms. The molecule has 0 aliphatic carbocycles. The van der Waals surface area contributed by atoms with Crippen LogP contribution in [0, 0.1) is 0 Å². The van der Waals surface area contributed by atoms with E-state index in [1.54, 1.807) is 25.4 Å². The highest BCUT2D eigenvalue weighted by molar-refractivity contribution is 6.30. The SMILES string of the molecule is CCOC(=O)/C=C/c1cnc(N[C@@H]2CCCN(Cc3ccc(Cl)cc3)C2)cn1. The van der Waals surface area contributed by atoms with Gasteiger partial charge in [0.2, 0.25) is 0 Å². The highest BCUT2D eigenvalue weighted by atomic mass is 35.5. The van der Waals surface area contributed by atoms with Crippen LogP contribution in [-0.4, -0.2) is 46.6 Å². The molecule has 0 radical (unpaired) electrons. The Morgan fingerprint density at radius 1 is 1.32 bits per heavy atom. The van der Waals surface area contributed by atoms with Crippen LogP contribution in [0.5, 0.6) is 0 Å². The number of aromatic nitrogens is 2. The van der Waals surface area contributed by atoms with Crippen molar-refractivity contribution in [3.05, 3.63) is 59.0 Å². The molecule has 28 heavy (non-hydrogen) atoms. The number of benzene rings is 1. The summed E-state index contributed by atoms with van der Waals surface area (Å²) in [5, 5.41) is 4.23. The fourth-order valence-corrected chi connectivity index (χ4v) is 3.34. The average molecular weight is 401 g/mol. The van der Waals surface area contributed by atoms with Crippen molar-refractivity contribution in [2.24, 2.45) is 0 Å². The topological polar surface area (TPSA) is 67.3 Å². The Hall–Kier alpha value is -2.44. The second-order valence-corrected chi connectivity index (χ2v) is 7.19. The van der Waals surface area contributed by atoms with E-state index in [1.807, 2.05) is 12.1 Å². The van der Waals surface area contributed by atoms with Gasteiger partial charge in [-0.25, -0.2) is 9.78 Å². The van der Waals surface area contributed by atoms with E-state index in [-0.39, 0.29) is 5.97 Å². The Morgan fingerprint density at radius 3 is 2.86 bits per heavy atom. The molecule has 0 saturated carbocycles. The van der Waals surface area contributed by atoms with E-state index in [4.69, 9.17) is 16.3 Å². The highest BCUT2D eigenvalue weighted by Crippen LogP contribution is 2.18. The van der Waals surface area contributed by atoms with Crippen LogP contribution in [0.25, 0.3) is 6.08 Å². The van der Waals surface area contributed by atoms with Crippen molar-refractivity contribution in [1.29, 1.82) is 0 Å². The Bertz CT molecular complexity index is 793. The van der Waals surface area contributed by atoms with E-state index in [9.17, 15) is 4.79 Å². The fraction of sp³-hybridized carbons (Fsp3) is 0.381. The molecular weight excluding hydrogens is 376 g/mol. The molecule has 7 heteroatoms. The number of carbonyl (C=O) groups excluding carboxylic acids is 1. The summed E-state index contributed by atoms with van der Waals surface area (Å²) in [7, 11) is 0. The molecule has 1 aliphatic heterocycles. The van der Waals surface area contributed by atoms with Gasteiger partial charge in [0.05, 0.1) is 24.7 Å². The van der Waals surface area contributed by atoms with Crippen LogP contribution in [-0.2, 0) is 16.1 Å². The van der Waals surface area contributed by atoms with E-state index in [1.165, 1.54) is 11.6 Å². The summed E-state index contributed by atoms with van der Waals surface area (Å²) in [5.41, 5.74) is 1.88. The summed E-state index contributed by atoms with van der Waals surface area (Å²) < 4.78 is 4.85. The lowest BCUT2D eigenvalue weighted by Crippen LogP contribution is -2.41. The molecular formula is C21H25ClN4O2. The lowest BCUT2D eigenvalue weighted by atomic mass is 10.0. The molecule has 2 heterocycles. The van der Waals surface area contributed by atoms with Crippen molar-refractivity contribution in [3.8, 4) is 0 Å². The van der Waals surface area contributed by atoms with Crippen LogP contribution in [0.4, 0.5) is 5.82 Å². The average Bonchev–Trinajstić information content (AvgIpc) is 2.70. The summed E-state index contributed by atoms with van der Waals surface area (Å²) in [6.07, 6.45) is 8.54. The molecule has 1 atom stereocenters. The van der Waals surface area contributed by atoms with Gasteiger partial charge in [0, 0.05) is 30.2 Å². The van der Waals surface area contributed by atoms with Gasteiger partial charge >= 0.3 is 5.97 Å². The molecule has 0 unspecified atom stereocenters. The molecule has 0 bridgehead atoms. The first kappa shape index (κ1) is 20.3. The summed E-state index contributed by atoms with van der Waals surface area (Å²) in [6.45, 7) is 5.08. The number of carbonyl (C=O) groups is 1. The number of piperidine rings is 1. The molecule has 1 aliphatic rings. The maximum absolute atomic E-state index is 11.3. The van der Waals surface area contributed by atoms with E-state index < -0.39 is 0 Å². The van der Waals surface area contributed by atoms with Gasteiger partial charge in [0.1, 0.15) is 5.82 Å². The Labute approximate surface area is 170 Å². The first-order valence-corrected chi connectivity index (χ1v) is 9.90. The minimum absolute atomic E-state index is 0.330. The lowest BCUT2D eigenvalue weighted by molar-refractivity contribution is -0.137. The molecule has 1 fully saturated rings. The number of rotatable bonds is 7. The Balaban J connectivity index is 1.51. The monoisotopic (exact) mass is 400 g/mol. The molecule has 1 saturated heterocycles. The van der Waals surface area contributed by atoms with Crippen molar-refractivity contribution in [2.45, 2.75) is 32.4 Å². The van der Waals surface area contributed by atoms with Gasteiger partial charge in [0.15, 0.2) is 0 Å². The second-order valence-electron chi connectivity index (χ2n) is 6.76. The molecule has 1 aromatic carbocycles. The van der Waals surface area contributed by atoms with E-state index >= 15 is 0 Å². The van der Waals surface area contributed by atoms with Gasteiger partial charge < -0.3 is 10.1 Å². The van der Waals surface area contributed by atoms with Crippen LogP contribution >= 0.6 is 11.6 Å². The maximum Gasteiger partial charge on any atom is 0.330 e. The summed E-state index contributed by atoms with van der Waals surface area (Å²) >= 11 is 5.96. The van der Waals surface area contributed by atoms with Crippen molar-refractivity contribution in [1.82, 2.24) is 14.9 Å². The number of likely N-dealkylation sites (tertiary alicyclic amines) is 1. The zero-order chi connectivity index (χ0) is 19.8. The molecule has 0 amide bonds. The van der Waals surface area contributed by atoms with Gasteiger partial charge in [-0.1, -0.05) is 23.7 Å². The fourth-order valence-electron chi connectivity index (χ4n) is 3.22. The zero-order valence-corrected chi connectivity index (χ0v) is 16.7. The van der Waals surface area contributed by atoms with Gasteiger partial charge in [-0.3, -0.25) is 9.88 Å². The predicted molar refractivity (Wildman–Crippen MR) is 111 cm³/mol. The largest absolute Gasteiger partial charge is 0.463 e. The lowest BCUT2D eigenvalue weighted by Gasteiger charge is -2.33. The minimum Gasteiger partial charge on any atom is -0.463 e. The standard InChI is InChI=1S/C21H25ClN4O2/c1-2-28-21(27)10-9-18-12-24-20(13-23-18)25-19-4-3-11-26(15-19)14-16-5-7-17(22)8-6-16/h5-10,12-13,19H,2-4,11,14-15H2,1H3,(H,24,25)/b10-9+/t19-/m1/s1. The number of esters is 1. The number of nitrogens with one attached hydrogen (secondary N) is 1. The van der Waals surface area contributed by atoms with Crippen LogP contribution in [0.1, 0.15) is 31.0 Å². The van der Waals surface area contributed by atoms with Crippen molar-refractivity contribution in [2.75, 3.05) is 25.0 Å². The third-order valence-electron chi connectivity index (χ3n) is 4.53. The third kappa shape index (κ3) is 6.32. The molecule has 6 nitrogen and oxygen atoms in total. The Morgan fingerprint density at radius 2 is 2.14 bits per heavy atom. The summed E-state index contributed by atoms with van der Waals surface area (Å²) in [4.78, 5) is 22.5. The third-order valence-corrected chi connectivity index (χ3v) is 4.78. The molecule has 148 valence electrons. The molecule has 1 aromatic heterocycles. The van der Waals surface area contributed by atoms with Crippen molar-refractivity contribution in [3.63, 3.8) is 0 Å².